The molecule has 1 aliphatic carbocycles. The Kier molecular flexibility index (Phi) is 5.18. The molecule has 0 saturated carbocycles. The maximum absolute atomic E-state index is 11.6. The Labute approximate surface area is 112 Å². The topological polar surface area (TPSA) is 60.4 Å². The zero-order chi connectivity index (χ0) is 14.4. The molecule has 0 unspecified atom stereocenters. The first kappa shape index (κ1) is 14.8. The Bertz CT molecular complexity index is 514. The standard InChI is InChI=1S/C15H16O4/c1-10(16)14(11(2)17)15(19-12(3)18)13-8-6-4-5-7-9-13/h4-8H,9H2,1-3H3. The highest BCUT2D eigenvalue weighted by molar-refractivity contribution is 6.19. The maximum atomic E-state index is 11.6. The molecule has 0 bridgehead atoms. The molecule has 0 radical (unpaired) electrons. The number of ether oxygens (including phenoxy) is 1. The Morgan fingerprint density at radius 3 is 2.16 bits per heavy atom. The smallest absolute Gasteiger partial charge is 0.308 e. The van der Waals surface area contributed by atoms with Crippen LogP contribution in [0.4, 0.5) is 0 Å². The van der Waals surface area contributed by atoms with E-state index in [9.17, 15) is 14.4 Å². The summed E-state index contributed by atoms with van der Waals surface area (Å²) in [4.78, 5) is 34.4. The second-order valence-electron chi connectivity index (χ2n) is 4.12. The molecule has 0 N–H and O–H groups in total. The van der Waals surface area contributed by atoms with Crippen LogP contribution in [0.5, 0.6) is 0 Å². The molecule has 0 saturated heterocycles. The van der Waals surface area contributed by atoms with Gasteiger partial charge in [0.1, 0.15) is 11.3 Å². The van der Waals surface area contributed by atoms with Crippen LogP contribution in [-0.2, 0) is 19.1 Å². The van der Waals surface area contributed by atoms with Crippen LogP contribution >= 0.6 is 0 Å². The summed E-state index contributed by atoms with van der Waals surface area (Å²) >= 11 is 0. The van der Waals surface area contributed by atoms with Gasteiger partial charge in [0.05, 0.1) is 0 Å². The number of Topliss-reactive ketones (excluding diaryl/α,β-unsaturated/α-hetero) is 2. The Morgan fingerprint density at radius 2 is 1.63 bits per heavy atom. The van der Waals surface area contributed by atoms with E-state index in [0.717, 1.165) is 0 Å². The van der Waals surface area contributed by atoms with Gasteiger partial charge >= 0.3 is 5.97 Å². The zero-order valence-electron chi connectivity index (χ0n) is 11.2. The highest BCUT2D eigenvalue weighted by Gasteiger charge is 2.22. The maximum Gasteiger partial charge on any atom is 0.308 e. The summed E-state index contributed by atoms with van der Waals surface area (Å²) in [5.41, 5.74) is 0.547. The Balaban J connectivity index is 3.38. The van der Waals surface area contributed by atoms with E-state index in [4.69, 9.17) is 4.74 Å². The molecule has 0 fully saturated rings. The molecule has 0 aromatic rings. The summed E-state index contributed by atoms with van der Waals surface area (Å²) in [5, 5.41) is 0. The highest BCUT2D eigenvalue weighted by Crippen LogP contribution is 2.23. The average Bonchev–Trinajstić information content (AvgIpc) is 2.54. The van der Waals surface area contributed by atoms with Crippen molar-refractivity contribution in [2.24, 2.45) is 0 Å². The largest absolute Gasteiger partial charge is 0.426 e. The normalized spacial score (nSPS) is 13.3. The molecule has 1 aliphatic rings. The molecule has 0 amide bonds. The van der Waals surface area contributed by atoms with E-state index in [1.807, 2.05) is 18.2 Å². The molecule has 0 aromatic heterocycles. The van der Waals surface area contributed by atoms with E-state index < -0.39 is 17.5 Å². The lowest BCUT2D eigenvalue weighted by Crippen LogP contribution is -2.15. The number of ketones is 2. The second-order valence-corrected chi connectivity index (χ2v) is 4.12. The summed E-state index contributed by atoms with van der Waals surface area (Å²) in [6.45, 7) is 3.80. The molecule has 0 heterocycles. The van der Waals surface area contributed by atoms with Crippen molar-refractivity contribution in [1.29, 1.82) is 0 Å². The van der Waals surface area contributed by atoms with Crippen molar-refractivity contribution in [3.05, 3.63) is 47.3 Å². The summed E-state index contributed by atoms with van der Waals surface area (Å²) in [6, 6.07) is 0. The molecule has 1 rings (SSSR count). The van der Waals surface area contributed by atoms with E-state index in [1.54, 1.807) is 12.2 Å². The molecule has 19 heavy (non-hydrogen) atoms. The molecule has 0 atom stereocenters. The van der Waals surface area contributed by atoms with Gasteiger partial charge in [-0.3, -0.25) is 14.4 Å². The lowest BCUT2D eigenvalue weighted by Gasteiger charge is -2.13. The van der Waals surface area contributed by atoms with E-state index in [-0.39, 0.29) is 11.3 Å². The minimum absolute atomic E-state index is 0.0590. The van der Waals surface area contributed by atoms with Gasteiger partial charge in [0.2, 0.25) is 0 Å². The Hall–Kier alpha value is -2.23. The van der Waals surface area contributed by atoms with Gasteiger partial charge < -0.3 is 4.74 Å². The van der Waals surface area contributed by atoms with Crippen molar-refractivity contribution in [3.63, 3.8) is 0 Å². The van der Waals surface area contributed by atoms with Crippen molar-refractivity contribution in [2.45, 2.75) is 27.2 Å². The number of hydrogen-bond donors (Lipinski definition) is 0. The van der Waals surface area contributed by atoms with Gasteiger partial charge in [-0.25, -0.2) is 0 Å². The van der Waals surface area contributed by atoms with Gasteiger partial charge in [-0.15, -0.1) is 0 Å². The highest BCUT2D eigenvalue weighted by atomic mass is 16.5. The fourth-order valence-corrected chi connectivity index (χ4v) is 1.73. The summed E-state index contributed by atoms with van der Waals surface area (Å²) in [6.07, 6.45) is 9.50. The van der Waals surface area contributed by atoms with Crippen LogP contribution in [0.2, 0.25) is 0 Å². The minimum Gasteiger partial charge on any atom is -0.426 e. The van der Waals surface area contributed by atoms with E-state index >= 15 is 0 Å². The third-order valence-corrected chi connectivity index (χ3v) is 2.46. The monoisotopic (exact) mass is 260 g/mol. The lowest BCUT2D eigenvalue weighted by atomic mass is 10.0. The number of hydrogen-bond acceptors (Lipinski definition) is 4. The molecule has 100 valence electrons. The summed E-state index contributed by atoms with van der Waals surface area (Å²) in [5.74, 6) is -1.33. The first-order valence-electron chi connectivity index (χ1n) is 5.90. The van der Waals surface area contributed by atoms with Crippen LogP contribution in [0, 0.1) is 0 Å². The lowest BCUT2D eigenvalue weighted by molar-refractivity contribution is -0.136. The van der Waals surface area contributed by atoms with Crippen molar-refractivity contribution in [2.75, 3.05) is 0 Å². The molecule has 0 spiro atoms. The molecule has 0 aliphatic heterocycles. The summed E-state index contributed by atoms with van der Waals surface area (Å²) in [7, 11) is 0. The van der Waals surface area contributed by atoms with Crippen LogP contribution < -0.4 is 0 Å². The quantitative estimate of drug-likeness (QED) is 0.256. The van der Waals surface area contributed by atoms with Gasteiger partial charge in [0, 0.05) is 6.92 Å². The second kappa shape index (κ2) is 6.64. The predicted molar refractivity (Wildman–Crippen MR) is 71.1 cm³/mol. The van der Waals surface area contributed by atoms with E-state index in [2.05, 4.69) is 0 Å². The number of carbonyl (C=O) groups is 3. The van der Waals surface area contributed by atoms with Gasteiger partial charge in [-0.2, -0.15) is 0 Å². The van der Waals surface area contributed by atoms with Gasteiger partial charge in [-0.1, -0.05) is 30.4 Å². The van der Waals surface area contributed by atoms with E-state index in [1.165, 1.54) is 20.8 Å². The van der Waals surface area contributed by atoms with Gasteiger partial charge in [-0.05, 0) is 25.8 Å². The number of carbonyl (C=O) groups excluding carboxylic acids is 3. The molecule has 0 aromatic carbocycles. The molecular weight excluding hydrogens is 244 g/mol. The average molecular weight is 260 g/mol. The third kappa shape index (κ3) is 4.17. The first-order chi connectivity index (χ1) is 8.93. The van der Waals surface area contributed by atoms with Crippen molar-refractivity contribution >= 4 is 17.5 Å². The van der Waals surface area contributed by atoms with Crippen LogP contribution in [-0.4, -0.2) is 17.5 Å². The van der Waals surface area contributed by atoms with Crippen molar-refractivity contribution in [1.82, 2.24) is 0 Å². The minimum atomic E-state index is -0.562. The van der Waals surface area contributed by atoms with Crippen LogP contribution in [0.15, 0.2) is 47.3 Å². The fourth-order valence-electron chi connectivity index (χ4n) is 1.73. The number of esters is 1. The van der Waals surface area contributed by atoms with Crippen molar-refractivity contribution < 1.29 is 19.1 Å². The number of allylic oxidation sites excluding steroid dienone is 7. The van der Waals surface area contributed by atoms with Gasteiger partial charge in [0.25, 0.3) is 0 Å². The zero-order valence-corrected chi connectivity index (χ0v) is 11.2. The van der Waals surface area contributed by atoms with E-state index in [0.29, 0.717) is 12.0 Å². The number of rotatable bonds is 4. The van der Waals surface area contributed by atoms with Crippen LogP contribution in [0.25, 0.3) is 0 Å². The molecular formula is C15H16O4. The predicted octanol–water partition coefficient (Wildman–Crippen LogP) is 2.42. The SMILES string of the molecule is CC(=O)OC(C1=CC=CC=CC1)=C(C(C)=O)C(C)=O. The fraction of sp³-hybridized carbons (Fsp3) is 0.267. The van der Waals surface area contributed by atoms with Crippen molar-refractivity contribution in [3.8, 4) is 0 Å². The van der Waals surface area contributed by atoms with Crippen LogP contribution in [0.3, 0.4) is 0 Å². The van der Waals surface area contributed by atoms with Crippen LogP contribution in [0.1, 0.15) is 27.2 Å². The molecule has 4 heteroatoms. The summed E-state index contributed by atoms with van der Waals surface area (Å²) < 4.78 is 5.09. The van der Waals surface area contributed by atoms with Gasteiger partial charge in [0.15, 0.2) is 11.6 Å². The molecule has 4 nitrogen and oxygen atoms in total. The third-order valence-electron chi connectivity index (χ3n) is 2.46. The first-order valence-corrected chi connectivity index (χ1v) is 5.90. The Morgan fingerprint density at radius 1 is 1.00 bits per heavy atom.